The first-order valence-corrected chi connectivity index (χ1v) is 5.04. The van der Waals surface area contributed by atoms with Gasteiger partial charge in [0, 0.05) is 10.6 Å². The Labute approximate surface area is 89.5 Å². The van der Waals surface area contributed by atoms with Gasteiger partial charge >= 0.3 is 0 Å². The molecule has 1 radical (unpaired) electrons. The maximum atomic E-state index is 5.78. The third-order valence-corrected chi connectivity index (χ3v) is 1.89. The fourth-order valence-electron chi connectivity index (χ4n) is 0.898. The minimum absolute atomic E-state index is 0.643. The fourth-order valence-corrected chi connectivity index (χ4v) is 1.09. The molecule has 1 rings (SSSR count). The molecule has 3 heteroatoms. The molecule has 0 saturated carbocycles. The SMILES string of the molecule is CCCCO/N=[C]\c1cccc(Cl)c1. The molecular weight excluding hydrogens is 198 g/mol. The predicted molar refractivity (Wildman–Crippen MR) is 58.8 cm³/mol. The summed E-state index contributed by atoms with van der Waals surface area (Å²) in [5, 5.41) is 4.39. The van der Waals surface area contributed by atoms with Gasteiger partial charge in [0.05, 0.1) is 0 Å². The van der Waals surface area contributed by atoms with Crippen LogP contribution in [0.15, 0.2) is 29.4 Å². The molecule has 0 amide bonds. The maximum absolute atomic E-state index is 5.78. The zero-order valence-corrected chi connectivity index (χ0v) is 8.92. The van der Waals surface area contributed by atoms with E-state index in [-0.39, 0.29) is 0 Å². The van der Waals surface area contributed by atoms with Crippen LogP contribution in [0, 0.1) is 0 Å². The molecule has 75 valence electrons. The molecule has 1 aromatic rings. The van der Waals surface area contributed by atoms with Gasteiger partial charge in [0.15, 0.2) is 0 Å². The van der Waals surface area contributed by atoms with Crippen molar-refractivity contribution in [2.24, 2.45) is 5.16 Å². The predicted octanol–water partition coefficient (Wildman–Crippen LogP) is 3.37. The van der Waals surface area contributed by atoms with Gasteiger partial charge in [-0.1, -0.05) is 42.2 Å². The molecule has 0 fully saturated rings. The highest BCUT2D eigenvalue weighted by atomic mass is 35.5. The van der Waals surface area contributed by atoms with E-state index in [1.165, 1.54) is 0 Å². The molecule has 0 aliphatic carbocycles. The standard InChI is InChI=1S/C11H13ClNO/c1-2-3-7-14-13-9-10-5-4-6-11(12)8-10/h4-6,8H,2-3,7H2,1H3. The summed E-state index contributed by atoms with van der Waals surface area (Å²) in [6, 6.07) is 7.32. The van der Waals surface area contributed by atoms with E-state index in [1.807, 2.05) is 18.2 Å². The van der Waals surface area contributed by atoms with Crippen molar-refractivity contribution in [2.45, 2.75) is 19.8 Å². The van der Waals surface area contributed by atoms with Gasteiger partial charge in [-0.3, -0.25) is 0 Å². The highest BCUT2D eigenvalue weighted by Crippen LogP contribution is 2.08. The fraction of sp³-hybridized carbons (Fsp3) is 0.364. The quantitative estimate of drug-likeness (QED) is 0.415. The Morgan fingerprint density at radius 2 is 2.36 bits per heavy atom. The second-order valence-corrected chi connectivity index (χ2v) is 3.34. The van der Waals surface area contributed by atoms with Gasteiger partial charge in [-0.05, 0) is 18.6 Å². The molecule has 2 nitrogen and oxygen atoms in total. The van der Waals surface area contributed by atoms with Crippen LogP contribution in [0.3, 0.4) is 0 Å². The first-order chi connectivity index (χ1) is 6.83. The van der Waals surface area contributed by atoms with Crippen molar-refractivity contribution < 1.29 is 4.84 Å². The molecule has 0 bridgehead atoms. The van der Waals surface area contributed by atoms with E-state index in [9.17, 15) is 0 Å². The molecule has 0 aliphatic heterocycles. The van der Waals surface area contributed by atoms with E-state index in [4.69, 9.17) is 16.4 Å². The average Bonchev–Trinajstić information content (AvgIpc) is 2.18. The summed E-state index contributed by atoms with van der Waals surface area (Å²) < 4.78 is 0. The van der Waals surface area contributed by atoms with Gasteiger partial charge in [-0.25, -0.2) is 0 Å². The van der Waals surface area contributed by atoms with Crippen molar-refractivity contribution >= 4 is 17.8 Å². The molecule has 14 heavy (non-hydrogen) atoms. The van der Waals surface area contributed by atoms with Crippen molar-refractivity contribution in [3.63, 3.8) is 0 Å². The Kier molecular flexibility index (Phi) is 5.08. The zero-order valence-electron chi connectivity index (χ0n) is 8.16. The zero-order chi connectivity index (χ0) is 10.2. The normalized spacial score (nSPS) is 10.7. The number of unbranched alkanes of at least 4 members (excludes halogenated alkanes) is 1. The third-order valence-electron chi connectivity index (χ3n) is 1.65. The van der Waals surface area contributed by atoms with Crippen LogP contribution in [0.25, 0.3) is 0 Å². The smallest absolute Gasteiger partial charge is 0.139 e. The molecule has 0 heterocycles. The van der Waals surface area contributed by atoms with Gasteiger partial charge in [-0.15, -0.1) is 0 Å². The van der Waals surface area contributed by atoms with E-state index in [1.54, 1.807) is 6.07 Å². The molecule has 0 saturated heterocycles. The van der Waals surface area contributed by atoms with Gasteiger partial charge < -0.3 is 4.84 Å². The second-order valence-electron chi connectivity index (χ2n) is 2.90. The van der Waals surface area contributed by atoms with Crippen LogP contribution in [0.1, 0.15) is 25.3 Å². The molecule has 0 N–H and O–H groups in total. The summed E-state index contributed by atoms with van der Waals surface area (Å²) in [5.74, 6) is 0. The lowest BCUT2D eigenvalue weighted by atomic mass is 10.2. The van der Waals surface area contributed by atoms with E-state index >= 15 is 0 Å². The van der Waals surface area contributed by atoms with Crippen molar-refractivity contribution in [3.8, 4) is 0 Å². The Balaban J connectivity index is 2.36. The maximum Gasteiger partial charge on any atom is 0.139 e. The molecule has 0 aromatic heterocycles. The molecule has 0 spiro atoms. The van der Waals surface area contributed by atoms with Crippen LogP contribution in [0.5, 0.6) is 0 Å². The largest absolute Gasteiger partial charge is 0.395 e. The van der Waals surface area contributed by atoms with Crippen molar-refractivity contribution in [1.82, 2.24) is 0 Å². The summed E-state index contributed by atoms with van der Waals surface area (Å²) in [6.07, 6.45) is 4.88. The lowest BCUT2D eigenvalue weighted by molar-refractivity contribution is 0.143. The molecule has 0 unspecified atom stereocenters. The highest BCUT2D eigenvalue weighted by Gasteiger charge is 1.90. The van der Waals surface area contributed by atoms with Gasteiger partial charge in [0.2, 0.25) is 0 Å². The average molecular weight is 211 g/mol. The van der Waals surface area contributed by atoms with Crippen LogP contribution < -0.4 is 0 Å². The number of nitrogens with zero attached hydrogens (tertiary/aromatic N) is 1. The van der Waals surface area contributed by atoms with Gasteiger partial charge in [0.1, 0.15) is 12.8 Å². The number of rotatable bonds is 5. The summed E-state index contributed by atoms with van der Waals surface area (Å²) in [5.41, 5.74) is 0.828. The minimum Gasteiger partial charge on any atom is -0.395 e. The van der Waals surface area contributed by atoms with Crippen LogP contribution in [-0.2, 0) is 4.84 Å². The summed E-state index contributed by atoms with van der Waals surface area (Å²) >= 11 is 5.78. The highest BCUT2D eigenvalue weighted by molar-refractivity contribution is 6.30. The van der Waals surface area contributed by atoms with E-state index in [2.05, 4.69) is 18.3 Å². The van der Waals surface area contributed by atoms with Crippen LogP contribution in [0.4, 0.5) is 0 Å². The summed E-state index contributed by atoms with van der Waals surface area (Å²) in [6.45, 7) is 2.75. The van der Waals surface area contributed by atoms with Crippen molar-refractivity contribution in [3.05, 3.63) is 34.9 Å². The van der Waals surface area contributed by atoms with Crippen LogP contribution in [-0.4, -0.2) is 12.8 Å². The van der Waals surface area contributed by atoms with Crippen molar-refractivity contribution in [2.75, 3.05) is 6.61 Å². The number of benzene rings is 1. The van der Waals surface area contributed by atoms with Crippen molar-refractivity contribution in [1.29, 1.82) is 0 Å². The Morgan fingerprint density at radius 3 is 3.07 bits per heavy atom. The number of halogens is 1. The first-order valence-electron chi connectivity index (χ1n) is 4.66. The lowest BCUT2D eigenvalue weighted by Crippen LogP contribution is -1.88. The first kappa shape index (κ1) is 11.1. The third kappa shape index (κ3) is 4.28. The van der Waals surface area contributed by atoms with Gasteiger partial charge in [-0.2, -0.15) is 0 Å². The summed E-state index contributed by atoms with van der Waals surface area (Å²) in [4.78, 5) is 4.99. The van der Waals surface area contributed by atoms with Gasteiger partial charge in [0.25, 0.3) is 0 Å². The van der Waals surface area contributed by atoms with Crippen LogP contribution >= 0.6 is 11.6 Å². The van der Waals surface area contributed by atoms with Crippen LogP contribution in [0.2, 0.25) is 5.02 Å². The topological polar surface area (TPSA) is 21.6 Å². The van der Waals surface area contributed by atoms with E-state index in [0.29, 0.717) is 11.6 Å². The Bertz CT molecular complexity index is 299. The molecule has 0 atom stereocenters. The number of hydrogen-bond donors (Lipinski definition) is 0. The molecule has 1 aromatic carbocycles. The second kappa shape index (κ2) is 6.44. The monoisotopic (exact) mass is 210 g/mol. The number of hydrogen-bond acceptors (Lipinski definition) is 2. The minimum atomic E-state index is 0.643. The molecular formula is C11H13ClNO. The summed E-state index contributed by atoms with van der Waals surface area (Å²) in [7, 11) is 0. The van der Waals surface area contributed by atoms with E-state index < -0.39 is 0 Å². The lowest BCUT2D eigenvalue weighted by Gasteiger charge is -1.95. The van der Waals surface area contributed by atoms with E-state index in [0.717, 1.165) is 18.4 Å². The Morgan fingerprint density at radius 1 is 1.50 bits per heavy atom. The Hall–Kier alpha value is -1.02. The molecule has 0 aliphatic rings.